The molecular formula is C19H18N2O4S. The van der Waals surface area contributed by atoms with E-state index in [1.807, 2.05) is 32.0 Å². The highest BCUT2D eigenvalue weighted by Crippen LogP contribution is 2.42. The lowest BCUT2D eigenvalue weighted by Crippen LogP contribution is -2.37. The van der Waals surface area contributed by atoms with Crippen LogP contribution in [0.15, 0.2) is 53.4 Å². The molecule has 0 atom stereocenters. The molecular weight excluding hydrogens is 352 g/mol. The van der Waals surface area contributed by atoms with Crippen molar-refractivity contribution >= 4 is 28.9 Å². The normalized spacial score (nSPS) is 16.5. The molecule has 0 saturated carbocycles. The van der Waals surface area contributed by atoms with E-state index in [2.05, 4.69) is 5.32 Å². The molecule has 6 nitrogen and oxygen atoms in total. The highest BCUT2D eigenvalue weighted by atomic mass is 32.2. The number of fused-ring (bicyclic) bond motifs is 1. The Bertz CT molecular complexity index is 904. The zero-order valence-electron chi connectivity index (χ0n) is 14.6. The first-order valence-electron chi connectivity index (χ1n) is 7.95. The minimum absolute atomic E-state index is 0.0439. The van der Waals surface area contributed by atoms with Gasteiger partial charge in [-0.25, -0.2) is 0 Å². The lowest BCUT2D eigenvalue weighted by molar-refractivity contribution is -0.384. The number of rotatable bonds is 4. The molecule has 1 N–H and O–H groups in total. The number of nitro benzene ring substituents is 1. The third-order valence-corrected chi connectivity index (χ3v) is 5.10. The van der Waals surface area contributed by atoms with Crippen LogP contribution in [0.1, 0.15) is 29.8 Å². The smallest absolute Gasteiger partial charge is 0.269 e. The molecule has 0 radical (unpaired) electrons. The Morgan fingerprint density at radius 1 is 1.23 bits per heavy atom. The Morgan fingerprint density at radius 2 is 1.92 bits per heavy atom. The van der Waals surface area contributed by atoms with Gasteiger partial charge in [-0.05, 0) is 44.2 Å². The summed E-state index contributed by atoms with van der Waals surface area (Å²) in [7, 11) is 1.60. The average Bonchev–Trinajstić information content (AvgIpc) is 2.60. The Balaban J connectivity index is 1.99. The van der Waals surface area contributed by atoms with Crippen molar-refractivity contribution in [1.29, 1.82) is 0 Å². The number of nitrogens with one attached hydrogen (secondary N) is 1. The van der Waals surface area contributed by atoms with Crippen molar-refractivity contribution in [3.05, 3.63) is 69.8 Å². The number of carbonyl (C=O) groups is 1. The van der Waals surface area contributed by atoms with Gasteiger partial charge in [-0.15, -0.1) is 0 Å². The Morgan fingerprint density at radius 3 is 2.54 bits per heavy atom. The van der Waals surface area contributed by atoms with Gasteiger partial charge in [0.1, 0.15) is 5.75 Å². The summed E-state index contributed by atoms with van der Waals surface area (Å²) < 4.78 is 5.29. The highest BCUT2D eigenvalue weighted by Gasteiger charge is 2.29. The van der Waals surface area contributed by atoms with Crippen molar-refractivity contribution in [2.24, 2.45) is 0 Å². The summed E-state index contributed by atoms with van der Waals surface area (Å²) in [6, 6.07) is 11.3. The molecule has 1 heterocycles. The molecule has 3 rings (SSSR count). The summed E-state index contributed by atoms with van der Waals surface area (Å²) >= 11 is 1.67. The van der Waals surface area contributed by atoms with Gasteiger partial charge in [-0.1, -0.05) is 11.8 Å². The van der Waals surface area contributed by atoms with Crippen molar-refractivity contribution in [2.75, 3.05) is 7.11 Å². The maximum absolute atomic E-state index is 12.6. The summed E-state index contributed by atoms with van der Waals surface area (Å²) in [5, 5.41) is 14.1. The highest BCUT2D eigenvalue weighted by molar-refractivity contribution is 8.00. The number of thioether (sulfide) groups is 1. The van der Waals surface area contributed by atoms with Gasteiger partial charge in [0.05, 0.1) is 16.9 Å². The van der Waals surface area contributed by atoms with Gasteiger partial charge in [-0.3, -0.25) is 14.9 Å². The summed E-state index contributed by atoms with van der Waals surface area (Å²) in [5.41, 5.74) is 1.94. The van der Waals surface area contributed by atoms with Crippen LogP contribution in [0.5, 0.6) is 5.75 Å². The largest absolute Gasteiger partial charge is 0.497 e. The first-order chi connectivity index (χ1) is 12.3. The number of hydrogen-bond donors (Lipinski definition) is 1. The van der Waals surface area contributed by atoms with Crippen molar-refractivity contribution in [3.8, 4) is 5.75 Å². The van der Waals surface area contributed by atoms with Gasteiger partial charge in [0.25, 0.3) is 5.69 Å². The van der Waals surface area contributed by atoms with Gasteiger partial charge in [0.15, 0.2) is 5.78 Å². The summed E-state index contributed by atoms with van der Waals surface area (Å²) in [6.07, 6.45) is 1.53. The monoisotopic (exact) mass is 370 g/mol. The molecule has 0 saturated heterocycles. The molecule has 0 aliphatic carbocycles. The Hall–Kier alpha value is -2.80. The van der Waals surface area contributed by atoms with Crippen LogP contribution >= 0.6 is 11.8 Å². The van der Waals surface area contributed by atoms with Crippen LogP contribution in [0.25, 0.3) is 5.70 Å². The lowest BCUT2D eigenvalue weighted by atomic mass is 10.0. The maximum atomic E-state index is 12.6. The van der Waals surface area contributed by atoms with Crippen molar-refractivity contribution in [1.82, 2.24) is 5.32 Å². The molecule has 1 aliphatic rings. The Kier molecular flexibility index (Phi) is 4.73. The number of carbonyl (C=O) groups excluding carboxylic acids is 1. The molecule has 7 heteroatoms. The molecule has 0 spiro atoms. The van der Waals surface area contributed by atoms with Crippen LogP contribution in [0.3, 0.4) is 0 Å². The van der Waals surface area contributed by atoms with Gasteiger partial charge in [-0.2, -0.15) is 0 Å². The molecule has 26 heavy (non-hydrogen) atoms. The standard InChI is InChI=1S/C19H18N2O4S/c1-19(2)20-16(15-10-14(25-3)8-9-18(15)26-19)11-17(22)12-4-6-13(7-5-12)21(23)24/h4-11,20H,1-3H3/b16-11-. The van der Waals surface area contributed by atoms with Crippen LogP contribution in [0, 0.1) is 10.1 Å². The fourth-order valence-corrected chi connectivity index (χ4v) is 3.83. The molecule has 0 aromatic heterocycles. The molecule has 134 valence electrons. The van der Waals surface area contributed by atoms with Crippen molar-refractivity contribution in [2.45, 2.75) is 23.6 Å². The topological polar surface area (TPSA) is 81.5 Å². The molecule has 0 unspecified atom stereocenters. The van der Waals surface area contributed by atoms with Crippen LogP contribution in [0.4, 0.5) is 5.69 Å². The van der Waals surface area contributed by atoms with Crippen molar-refractivity contribution < 1.29 is 14.5 Å². The molecule has 0 bridgehead atoms. The van der Waals surface area contributed by atoms with E-state index in [0.29, 0.717) is 17.0 Å². The SMILES string of the molecule is COc1ccc2c(c1)/C(=C/C(=O)c1ccc([N+](=O)[O-])cc1)NC(C)(C)S2. The number of ketones is 1. The van der Waals surface area contributed by atoms with Crippen LogP contribution in [-0.2, 0) is 0 Å². The zero-order valence-corrected chi connectivity index (χ0v) is 15.4. The van der Waals surface area contributed by atoms with E-state index in [0.717, 1.165) is 10.5 Å². The quantitative estimate of drug-likeness (QED) is 0.375. The van der Waals surface area contributed by atoms with Crippen LogP contribution < -0.4 is 10.1 Å². The molecule has 1 aliphatic heterocycles. The third kappa shape index (κ3) is 3.72. The van der Waals surface area contributed by atoms with E-state index in [-0.39, 0.29) is 16.3 Å². The van der Waals surface area contributed by atoms with E-state index in [4.69, 9.17) is 4.74 Å². The fourth-order valence-electron chi connectivity index (χ4n) is 2.70. The van der Waals surface area contributed by atoms with Gasteiger partial charge < -0.3 is 10.1 Å². The number of hydrogen-bond acceptors (Lipinski definition) is 6. The second kappa shape index (κ2) is 6.84. The van der Waals surface area contributed by atoms with E-state index in [1.54, 1.807) is 18.9 Å². The number of allylic oxidation sites excluding steroid dienone is 1. The number of benzene rings is 2. The van der Waals surface area contributed by atoms with Gasteiger partial charge in [0.2, 0.25) is 0 Å². The summed E-state index contributed by atoms with van der Waals surface area (Å²) in [5.74, 6) is 0.485. The number of nitrogens with zero attached hydrogens (tertiary/aromatic N) is 1. The average molecular weight is 370 g/mol. The number of nitro groups is 1. The van der Waals surface area contributed by atoms with Gasteiger partial charge >= 0.3 is 0 Å². The molecule has 0 fully saturated rings. The van der Waals surface area contributed by atoms with E-state index < -0.39 is 4.92 Å². The zero-order chi connectivity index (χ0) is 18.9. The second-order valence-electron chi connectivity index (χ2n) is 6.33. The van der Waals surface area contributed by atoms with E-state index >= 15 is 0 Å². The van der Waals surface area contributed by atoms with E-state index in [1.165, 1.54) is 30.3 Å². The lowest BCUT2D eigenvalue weighted by Gasteiger charge is -2.34. The first-order valence-corrected chi connectivity index (χ1v) is 8.77. The van der Waals surface area contributed by atoms with Crippen LogP contribution in [0.2, 0.25) is 0 Å². The summed E-state index contributed by atoms with van der Waals surface area (Å²) in [6.45, 7) is 4.07. The maximum Gasteiger partial charge on any atom is 0.269 e. The van der Waals surface area contributed by atoms with Gasteiger partial charge in [0, 0.05) is 39.9 Å². The Labute approximate surface area is 155 Å². The van der Waals surface area contributed by atoms with Crippen molar-refractivity contribution in [3.63, 3.8) is 0 Å². The predicted molar refractivity (Wildman–Crippen MR) is 101 cm³/mol. The number of methoxy groups -OCH3 is 1. The fraction of sp³-hybridized carbons (Fsp3) is 0.211. The minimum Gasteiger partial charge on any atom is -0.497 e. The number of ether oxygens (including phenoxy) is 1. The third-order valence-electron chi connectivity index (χ3n) is 3.92. The minimum atomic E-state index is -0.488. The predicted octanol–water partition coefficient (Wildman–Crippen LogP) is 4.26. The second-order valence-corrected chi connectivity index (χ2v) is 7.99. The van der Waals surface area contributed by atoms with Crippen LogP contribution in [-0.4, -0.2) is 22.7 Å². The number of non-ortho nitro benzene ring substituents is 1. The first kappa shape index (κ1) is 18.0. The summed E-state index contributed by atoms with van der Waals surface area (Å²) in [4.78, 5) is 23.7. The van der Waals surface area contributed by atoms with E-state index in [9.17, 15) is 14.9 Å². The molecule has 0 amide bonds. The molecule has 2 aromatic carbocycles. The molecule has 2 aromatic rings.